The maximum Gasteiger partial charge on any atom is 0.410 e. The number of halogens is 2. The number of hydrogen-bond acceptors (Lipinski definition) is 10. The SMILES string of the molecule is CC(C)(C)OC(=O)N1CCC[C@@H]([C@@H](OCCN=[N+]=[N-])c2cccc(F)c2)C1.CC(C)(C)OC(=O)N1CCC[C@@H]([C@@H](OCCOS(C)(=O)=O)c2cccc(F)c2)C1. The second-order valence-corrected chi connectivity index (χ2v) is 17.5. The smallest absolute Gasteiger partial charge is 0.410 e. The molecule has 312 valence electrons. The van der Waals surface area contributed by atoms with Crippen molar-refractivity contribution in [1.29, 1.82) is 0 Å². The highest BCUT2D eigenvalue weighted by molar-refractivity contribution is 7.85. The number of nitrogens with zero attached hydrogens (tertiary/aromatic N) is 5. The van der Waals surface area contributed by atoms with Gasteiger partial charge < -0.3 is 28.7 Å². The molecule has 2 heterocycles. The van der Waals surface area contributed by atoms with Crippen molar-refractivity contribution < 1.29 is 49.9 Å². The Balaban J connectivity index is 0.000000301. The molecule has 0 aromatic heterocycles. The Hall–Kier alpha value is -4.02. The average Bonchev–Trinajstić information content (AvgIpc) is 3.10. The number of amides is 2. The van der Waals surface area contributed by atoms with Crippen LogP contribution in [0.4, 0.5) is 18.4 Å². The van der Waals surface area contributed by atoms with E-state index < -0.39 is 27.4 Å². The van der Waals surface area contributed by atoms with Gasteiger partial charge in [0.05, 0.1) is 38.3 Å². The van der Waals surface area contributed by atoms with Gasteiger partial charge in [0.1, 0.15) is 22.8 Å². The minimum absolute atomic E-state index is 0.000802. The van der Waals surface area contributed by atoms with Gasteiger partial charge in [-0.2, -0.15) is 8.42 Å². The van der Waals surface area contributed by atoms with Crippen LogP contribution in [0, 0.1) is 23.5 Å². The molecule has 4 rings (SSSR count). The fourth-order valence-electron chi connectivity index (χ4n) is 6.50. The molecule has 2 fully saturated rings. The minimum Gasteiger partial charge on any atom is -0.444 e. The van der Waals surface area contributed by atoms with E-state index in [0.29, 0.717) is 37.3 Å². The molecule has 2 aliphatic heterocycles. The van der Waals surface area contributed by atoms with Crippen LogP contribution in [0.25, 0.3) is 10.4 Å². The van der Waals surface area contributed by atoms with E-state index in [4.69, 9.17) is 28.7 Å². The molecule has 0 unspecified atom stereocenters. The van der Waals surface area contributed by atoms with E-state index in [0.717, 1.165) is 31.9 Å². The molecule has 2 aromatic rings. The molecule has 2 amide bonds. The summed E-state index contributed by atoms with van der Waals surface area (Å²) >= 11 is 0. The van der Waals surface area contributed by atoms with Crippen molar-refractivity contribution >= 4 is 22.3 Å². The van der Waals surface area contributed by atoms with Gasteiger partial charge in [0.15, 0.2) is 0 Å². The Morgan fingerprint density at radius 3 is 1.64 bits per heavy atom. The summed E-state index contributed by atoms with van der Waals surface area (Å²) < 4.78 is 77.3. The number of benzene rings is 2. The monoisotopic (exact) mass is 809 g/mol. The van der Waals surface area contributed by atoms with E-state index in [9.17, 15) is 26.8 Å². The average molecular weight is 810 g/mol. The van der Waals surface area contributed by atoms with Crippen molar-refractivity contribution in [2.24, 2.45) is 17.0 Å². The van der Waals surface area contributed by atoms with Crippen LogP contribution in [0.3, 0.4) is 0 Å². The second kappa shape index (κ2) is 21.5. The van der Waals surface area contributed by atoms with Gasteiger partial charge in [-0.25, -0.2) is 18.4 Å². The van der Waals surface area contributed by atoms with Crippen molar-refractivity contribution in [2.45, 2.75) is 90.6 Å². The lowest BCUT2D eigenvalue weighted by molar-refractivity contribution is -0.0323. The largest absolute Gasteiger partial charge is 0.444 e. The number of piperidine rings is 2. The highest BCUT2D eigenvalue weighted by Crippen LogP contribution is 2.35. The molecule has 0 saturated carbocycles. The molecule has 0 radical (unpaired) electrons. The van der Waals surface area contributed by atoms with Crippen LogP contribution >= 0.6 is 0 Å². The minimum atomic E-state index is -3.57. The summed E-state index contributed by atoms with van der Waals surface area (Å²) in [5.41, 5.74) is 8.62. The van der Waals surface area contributed by atoms with E-state index >= 15 is 0 Å². The number of likely N-dealkylation sites (tertiary alicyclic amines) is 2. The van der Waals surface area contributed by atoms with Gasteiger partial charge in [0.2, 0.25) is 0 Å². The molecule has 14 nitrogen and oxygen atoms in total. The molecule has 17 heteroatoms. The molecule has 0 N–H and O–H groups in total. The van der Waals surface area contributed by atoms with Gasteiger partial charge in [-0.05, 0) is 108 Å². The summed E-state index contributed by atoms with van der Waals surface area (Å²) in [6.07, 6.45) is 2.56. The van der Waals surface area contributed by atoms with Crippen molar-refractivity contribution in [2.75, 3.05) is 58.8 Å². The predicted octanol–water partition coefficient (Wildman–Crippen LogP) is 8.35. The maximum absolute atomic E-state index is 13.8. The molecule has 0 spiro atoms. The molecule has 2 aromatic carbocycles. The lowest BCUT2D eigenvalue weighted by atomic mass is 9.88. The fraction of sp³-hybridized carbons (Fsp3) is 0.641. The zero-order chi connectivity index (χ0) is 41.5. The standard InChI is InChI=1S/C20H30FNO6S.C19H27FN4O3/c1-20(2,3)28-19(23)22-10-6-8-16(14-22)18(15-7-5-9-17(21)13-15)26-11-12-27-29(4,24)25;1-19(2,3)27-18(25)24-10-5-7-15(13-24)17(26-11-9-22-23-21)14-6-4-8-16(20)12-14/h5,7,9,13,16,18H,6,8,10-12,14H2,1-4H3;4,6,8,12,15,17H,5,7,9-11,13H2,1-3H3/t16-,18+;15-,17+/m11/s1. The zero-order valence-corrected chi connectivity index (χ0v) is 34.3. The second-order valence-electron chi connectivity index (χ2n) is 15.8. The van der Waals surface area contributed by atoms with Crippen LogP contribution in [-0.2, 0) is 33.2 Å². The van der Waals surface area contributed by atoms with E-state index in [1.165, 1.54) is 24.3 Å². The molecule has 0 aliphatic carbocycles. The first-order valence-electron chi connectivity index (χ1n) is 18.8. The Kier molecular flexibility index (Phi) is 17.8. The van der Waals surface area contributed by atoms with Crippen molar-refractivity contribution in [1.82, 2.24) is 9.80 Å². The highest BCUT2D eigenvalue weighted by Gasteiger charge is 2.35. The lowest BCUT2D eigenvalue weighted by Crippen LogP contribution is -2.44. The van der Waals surface area contributed by atoms with Crippen LogP contribution in [-0.4, -0.2) is 100 Å². The van der Waals surface area contributed by atoms with Gasteiger partial charge in [-0.15, -0.1) is 0 Å². The van der Waals surface area contributed by atoms with Gasteiger partial charge in [0, 0.05) is 49.5 Å². The van der Waals surface area contributed by atoms with Crippen LogP contribution < -0.4 is 0 Å². The van der Waals surface area contributed by atoms with E-state index in [1.807, 2.05) is 47.6 Å². The zero-order valence-electron chi connectivity index (χ0n) is 33.5. The summed E-state index contributed by atoms with van der Waals surface area (Å²) in [7, 11) is -3.57. The van der Waals surface area contributed by atoms with Crippen molar-refractivity contribution in [3.05, 3.63) is 81.7 Å². The molecule has 2 saturated heterocycles. The number of azide groups is 1. The maximum atomic E-state index is 13.8. The normalized spacial score (nSPS) is 18.8. The first-order chi connectivity index (χ1) is 26.2. The van der Waals surface area contributed by atoms with Crippen LogP contribution in [0.15, 0.2) is 53.6 Å². The van der Waals surface area contributed by atoms with Crippen LogP contribution in [0.2, 0.25) is 0 Å². The molecular formula is C39H57F2N5O9S. The van der Waals surface area contributed by atoms with Crippen LogP contribution in [0.5, 0.6) is 0 Å². The first kappa shape index (κ1) is 46.4. The number of carbonyl (C=O) groups is 2. The predicted molar refractivity (Wildman–Crippen MR) is 206 cm³/mol. The highest BCUT2D eigenvalue weighted by atomic mass is 32.2. The summed E-state index contributed by atoms with van der Waals surface area (Å²) in [5, 5.41) is 3.48. The number of ether oxygens (including phenoxy) is 4. The quantitative estimate of drug-likeness (QED) is 0.0635. The summed E-state index contributed by atoms with van der Waals surface area (Å²) in [4.78, 5) is 30.9. The summed E-state index contributed by atoms with van der Waals surface area (Å²) in [6, 6.07) is 12.4. The topological polar surface area (TPSA) is 170 Å². The van der Waals surface area contributed by atoms with E-state index in [2.05, 4.69) is 10.0 Å². The van der Waals surface area contributed by atoms with Gasteiger partial charge >= 0.3 is 12.2 Å². The third-order valence-electron chi connectivity index (χ3n) is 8.66. The Morgan fingerprint density at radius 2 is 1.25 bits per heavy atom. The summed E-state index contributed by atoms with van der Waals surface area (Å²) in [6.45, 7) is 13.3. The molecule has 4 atom stereocenters. The third-order valence-corrected chi connectivity index (χ3v) is 9.25. The van der Waals surface area contributed by atoms with Crippen LogP contribution in [0.1, 0.15) is 90.6 Å². The lowest BCUT2D eigenvalue weighted by Gasteiger charge is -2.37. The number of carbonyl (C=O) groups excluding carboxylic acids is 2. The van der Waals surface area contributed by atoms with Crippen molar-refractivity contribution in [3.63, 3.8) is 0 Å². The molecular weight excluding hydrogens is 753 g/mol. The Labute approximate surface area is 329 Å². The number of rotatable bonds is 13. The Bertz CT molecular complexity index is 1730. The fourth-order valence-corrected chi connectivity index (χ4v) is 6.87. The third kappa shape index (κ3) is 17.0. The molecule has 0 bridgehead atoms. The number of hydrogen-bond donors (Lipinski definition) is 0. The van der Waals surface area contributed by atoms with Gasteiger partial charge in [-0.3, -0.25) is 4.18 Å². The molecule has 56 heavy (non-hydrogen) atoms. The van der Waals surface area contributed by atoms with Crippen molar-refractivity contribution in [3.8, 4) is 0 Å². The molecule has 2 aliphatic rings. The van der Waals surface area contributed by atoms with Gasteiger partial charge in [0.25, 0.3) is 10.1 Å². The van der Waals surface area contributed by atoms with E-state index in [1.54, 1.807) is 28.0 Å². The van der Waals surface area contributed by atoms with Gasteiger partial charge in [-0.1, -0.05) is 29.4 Å². The van der Waals surface area contributed by atoms with E-state index in [-0.39, 0.29) is 68.1 Å². The Morgan fingerprint density at radius 1 is 0.804 bits per heavy atom. The first-order valence-corrected chi connectivity index (χ1v) is 20.6. The summed E-state index contributed by atoms with van der Waals surface area (Å²) in [5.74, 6) is -0.810.